The minimum atomic E-state index is 0.0407. The normalized spacial score (nSPS) is 28.0. The van der Waals surface area contributed by atoms with E-state index in [2.05, 4.69) is 73.5 Å². The highest BCUT2D eigenvalue weighted by Crippen LogP contribution is 2.38. The van der Waals surface area contributed by atoms with Crippen LogP contribution in [0.1, 0.15) is 48.5 Å². The lowest BCUT2D eigenvalue weighted by atomic mass is 9.97. The van der Waals surface area contributed by atoms with Gasteiger partial charge in [-0.1, -0.05) is 60.2 Å². The summed E-state index contributed by atoms with van der Waals surface area (Å²) in [5.74, 6) is 0. The molecule has 2 fully saturated rings. The maximum atomic E-state index is 6.72. The van der Waals surface area contributed by atoms with Crippen LogP contribution in [0.2, 0.25) is 0 Å². The largest absolute Gasteiger partial charge is 0.365 e. The molecule has 2 saturated heterocycles. The molecule has 0 saturated carbocycles. The Labute approximate surface area is 145 Å². The quantitative estimate of drug-likeness (QED) is 0.807. The maximum Gasteiger partial charge on any atom is 0.108 e. The van der Waals surface area contributed by atoms with Crippen molar-refractivity contribution in [1.29, 1.82) is 0 Å². The van der Waals surface area contributed by atoms with Crippen molar-refractivity contribution >= 4 is 0 Å². The van der Waals surface area contributed by atoms with Gasteiger partial charge in [0.15, 0.2) is 0 Å². The summed E-state index contributed by atoms with van der Waals surface area (Å²) in [6, 6.07) is 20.9. The molecule has 0 radical (unpaired) electrons. The van der Waals surface area contributed by atoms with Gasteiger partial charge < -0.3 is 9.64 Å². The zero-order valence-corrected chi connectivity index (χ0v) is 14.7. The number of ether oxygens (including phenoxy) is 1. The van der Waals surface area contributed by atoms with E-state index in [1.807, 2.05) is 0 Å². The van der Waals surface area contributed by atoms with E-state index in [1.165, 1.54) is 42.4 Å². The highest BCUT2D eigenvalue weighted by Gasteiger charge is 2.39. The second-order valence-electron chi connectivity index (χ2n) is 7.48. The van der Waals surface area contributed by atoms with Gasteiger partial charge in [0.05, 0.1) is 6.10 Å². The number of hydrogen-bond donors (Lipinski definition) is 0. The molecule has 0 aromatic heterocycles. The van der Waals surface area contributed by atoms with Crippen molar-refractivity contribution in [2.75, 3.05) is 7.05 Å². The molecule has 2 nitrogen and oxygen atoms in total. The van der Waals surface area contributed by atoms with Crippen molar-refractivity contribution in [3.8, 4) is 0 Å². The Morgan fingerprint density at radius 1 is 0.917 bits per heavy atom. The topological polar surface area (TPSA) is 12.5 Å². The lowest BCUT2D eigenvalue weighted by molar-refractivity contribution is -0.0426. The fourth-order valence-corrected chi connectivity index (χ4v) is 4.48. The Balaban J connectivity index is 1.59. The third-order valence-electron chi connectivity index (χ3n) is 5.83. The van der Waals surface area contributed by atoms with Gasteiger partial charge in [-0.15, -0.1) is 0 Å². The lowest BCUT2D eigenvalue weighted by Crippen LogP contribution is -2.43. The van der Waals surface area contributed by atoms with Crippen LogP contribution in [0.5, 0.6) is 0 Å². The lowest BCUT2D eigenvalue weighted by Gasteiger charge is -2.38. The SMILES string of the molecule is Cc1cccc(C(OC2CC3CCC(C2)N3C)c2ccccc2)c1. The average Bonchev–Trinajstić information content (AvgIpc) is 2.82. The predicted molar refractivity (Wildman–Crippen MR) is 98.1 cm³/mol. The van der Waals surface area contributed by atoms with Gasteiger partial charge >= 0.3 is 0 Å². The fourth-order valence-electron chi connectivity index (χ4n) is 4.48. The van der Waals surface area contributed by atoms with Crippen LogP contribution in [0.15, 0.2) is 54.6 Å². The summed E-state index contributed by atoms with van der Waals surface area (Å²) >= 11 is 0. The van der Waals surface area contributed by atoms with E-state index in [4.69, 9.17) is 4.74 Å². The van der Waals surface area contributed by atoms with Crippen LogP contribution >= 0.6 is 0 Å². The van der Waals surface area contributed by atoms with Crippen molar-refractivity contribution in [2.24, 2.45) is 0 Å². The first-order chi connectivity index (χ1) is 11.7. The Kier molecular flexibility index (Phi) is 4.43. The van der Waals surface area contributed by atoms with Crippen LogP contribution in [-0.4, -0.2) is 30.1 Å². The maximum absolute atomic E-state index is 6.72. The van der Waals surface area contributed by atoms with E-state index in [0.29, 0.717) is 18.2 Å². The van der Waals surface area contributed by atoms with Crippen LogP contribution in [0.3, 0.4) is 0 Å². The minimum Gasteiger partial charge on any atom is -0.365 e. The van der Waals surface area contributed by atoms with Gasteiger partial charge in [-0.3, -0.25) is 0 Å². The van der Waals surface area contributed by atoms with Crippen LogP contribution in [0.4, 0.5) is 0 Å². The van der Waals surface area contributed by atoms with Gasteiger partial charge in [-0.2, -0.15) is 0 Å². The molecular weight excluding hydrogens is 294 g/mol. The number of piperidine rings is 1. The van der Waals surface area contributed by atoms with Crippen molar-refractivity contribution in [3.05, 3.63) is 71.3 Å². The molecule has 3 atom stereocenters. The van der Waals surface area contributed by atoms with E-state index in [9.17, 15) is 0 Å². The van der Waals surface area contributed by atoms with Crippen molar-refractivity contribution < 1.29 is 4.74 Å². The van der Waals surface area contributed by atoms with Gasteiger partial charge in [-0.25, -0.2) is 0 Å². The zero-order chi connectivity index (χ0) is 16.5. The number of aryl methyl sites for hydroxylation is 1. The number of rotatable bonds is 4. The van der Waals surface area contributed by atoms with Crippen LogP contribution < -0.4 is 0 Å². The molecule has 3 unspecified atom stereocenters. The smallest absolute Gasteiger partial charge is 0.108 e. The fraction of sp³-hybridized carbons (Fsp3) is 0.455. The Morgan fingerprint density at radius 2 is 1.58 bits per heavy atom. The number of fused-ring (bicyclic) bond motifs is 2. The number of nitrogens with zero attached hydrogens (tertiary/aromatic N) is 1. The van der Waals surface area contributed by atoms with Crippen LogP contribution in [-0.2, 0) is 4.74 Å². The van der Waals surface area contributed by atoms with Crippen LogP contribution in [0, 0.1) is 6.92 Å². The first-order valence-corrected chi connectivity index (χ1v) is 9.19. The zero-order valence-electron chi connectivity index (χ0n) is 14.7. The number of hydrogen-bond acceptors (Lipinski definition) is 2. The van der Waals surface area contributed by atoms with Gasteiger partial charge in [0.2, 0.25) is 0 Å². The molecule has 2 aromatic rings. The van der Waals surface area contributed by atoms with Crippen molar-refractivity contribution in [2.45, 2.75) is 56.9 Å². The molecule has 4 rings (SSSR count). The third kappa shape index (κ3) is 3.13. The second-order valence-corrected chi connectivity index (χ2v) is 7.48. The molecule has 2 aromatic carbocycles. The summed E-state index contributed by atoms with van der Waals surface area (Å²) < 4.78 is 6.72. The molecule has 24 heavy (non-hydrogen) atoms. The Bertz CT molecular complexity index is 669. The van der Waals surface area contributed by atoms with Crippen molar-refractivity contribution in [1.82, 2.24) is 4.90 Å². The molecule has 2 bridgehead atoms. The van der Waals surface area contributed by atoms with E-state index in [-0.39, 0.29) is 6.10 Å². The second kappa shape index (κ2) is 6.70. The summed E-state index contributed by atoms with van der Waals surface area (Å²) in [5, 5.41) is 0. The highest BCUT2D eigenvalue weighted by atomic mass is 16.5. The predicted octanol–water partition coefficient (Wildman–Crippen LogP) is 4.73. The van der Waals surface area contributed by atoms with E-state index in [0.717, 1.165) is 0 Å². The Hall–Kier alpha value is -1.64. The molecule has 126 valence electrons. The molecular formula is C22H27NO. The Morgan fingerprint density at radius 3 is 2.25 bits per heavy atom. The summed E-state index contributed by atoms with van der Waals surface area (Å²) in [5.41, 5.74) is 3.82. The minimum absolute atomic E-state index is 0.0407. The summed E-state index contributed by atoms with van der Waals surface area (Å²) in [6.07, 6.45) is 5.41. The van der Waals surface area contributed by atoms with Crippen LogP contribution in [0.25, 0.3) is 0 Å². The molecule has 0 aliphatic carbocycles. The van der Waals surface area contributed by atoms with E-state index in [1.54, 1.807) is 0 Å². The molecule has 2 aliphatic heterocycles. The first-order valence-electron chi connectivity index (χ1n) is 9.19. The highest BCUT2D eigenvalue weighted by molar-refractivity contribution is 5.32. The van der Waals surface area contributed by atoms with Gasteiger partial charge in [0.1, 0.15) is 6.10 Å². The molecule has 0 N–H and O–H groups in total. The average molecular weight is 321 g/mol. The standard InChI is InChI=1S/C22H27NO/c1-16-7-6-10-18(13-16)22(17-8-4-3-5-9-17)24-21-14-19-11-12-20(15-21)23(19)2/h3-10,13,19-22H,11-12,14-15H2,1-2H3. The van der Waals surface area contributed by atoms with E-state index >= 15 is 0 Å². The summed E-state index contributed by atoms with van der Waals surface area (Å²) in [6.45, 7) is 2.15. The van der Waals surface area contributed by atoms with Crippen molar-refractivity contribution in [3.63, 3.8) is 0 Å². The summed E-state index contributed by atoms with van der Waals surface area (Å²) in [4.78, 5) is 2.57. The monoisotopic (exact) mass is 321 g/mol. The molecule has 2 aliphatic rings. The van der Waals surface area contributed by atoms with Gasteiger partial charge in [-0.05, 0) is 50.8 Å². The number of benzene rings is 2. The molecule has 0 amide bonds. The first kappa shape index (κ1) is 15.9. The summed E-state index contributed by atoms with van der Waals surface area (Å²) in [7, 11) is 2.29. The van der Waals surface area contributed by atoms with E-state index < -0.39 is 0 Å². The third-order valence-corrected chi connectivity index (χ3v) is 5.83. The van der Waals surface area contributed by atoms with Gasteiger partial charge in [0.25, 0.3) is 0 Å². The molecule has 2 heterocycles. The molecule has 0 spiro atoms. The van der Waals surface area contributed by atoms with Gasteiger partial charge in [0, 0.05) is 12.1 Å². The molecule has 2 heteroatoms.